The predicted octanol–water partition coefficient (Wildman–Crippen LogP) is 0.312. The van der Waals surface area contributed by atoms with Crippen LogP contribution in [0, 0.1) is 5.92 Å². The maximum atomic E-state index is 11.3. The molecular weight excluding hydrogens is 270 g/mol. The Morgan fingerprint density at radius 1 is 0.950 bits per heavy atom. The lowest BCUT2D eigenvalue weighted by Crippen LogP contribution is -2.40. The van der Waals surface area contributed by atoms with E-state index in [-0.39, 0.29) is 19.3 Å². The van der Waals surface area contributed by atoms with Gasteiger partial charge < -0.3 is 20.6 Å². The number of hydrogen-bond donors (Lipinski definition) is 4. The summed E-state index contributed by atoms with van der Waals surface area (Å²) in [6.45, 7) is 1.52. The molecule has 114 valence electrons. The van der Waals surface area contributed by atoms with E-state index in [9.17, 15) is 19.2 Å². The Balaban J connectivity index is 4.17. The molecule has 0 aliphatic rings. The molecule has 0 aromatic carbocycles. The monoisotopic (exact) mass is 289 g/mol. The third-order valence-corrected chi connectivity index (χ3v) is 2.75. The molecule has 20 heavy (non-hydrogen) atoms. The van der Waals surface area contributed by atoms with Crippen molar-refractivity contribution in [2.75, 3.05) is 0 Å². The van der Waals surface area contributed by atoms with Gasteiger partial charge in [0.05, 0.1) is 12.3 Å². The van der Waals surface area contributed by atoms with Crippen molar-refractivity contribution in [2.24, 2.45) is 5.92 Å². The molecule has 0 saturated heterocycles. The minimum absolute atomic E-state index is 0.103. The van der Waals surface area contributed by atoms with Crippen LogP contribution in [-0.2, 0) is 19.2 Å². The second-order valence-electron chi connectivity index (χ2n) is 4.52. The molecule has 2 atom stereocenters. The van der Waals surface area contributed by atoms with Crippen LogP contribution in [0.15, 0.2) is 0 Å². The summed E-state index contributed by atoms with van der Waals surface area (Å²) in [6, 6.07) is -1.13. The van der Waals surface area contributed by atoms with E-state index in [1.165, 1.54) is 6.92 Å². The van der Waals surface area contributed by atoms with E-state index in [0.29, 0.717) is 12.8 Å². The van der Waals surface area contributed by atoms with E-state index >= 15 is 0 Å². The highest BCUT2D eigenvalue weighted by atomic mass is 16.4. The van der Waals surface area contributed by atoms with Gasteiger partial charge >= 0.3 is 17.9 Å². The van der Waals surface area contributed by atoms with E-state index in [4.69, 9.17) is 15.3 Å². The molecule has 0 bridgehead atoms. The van der Waals surface area contributed by atoms with Gasteiger partial charge in [0.1, 0.15) is 6.04 Å². The van der Waals surface area contributed by atoms with Gasteiger partial charge in [-0.2, -0.15) is 0 Å². The van der Waals surface area contributed by atoms with Crippen LogP contribution in [0.3, 0.4) is 0 Å². The second kappa shape index (κ2) is 8.89. The lowest BCUT2D eigenvalue weighted by molar-refractivity contribution is -0.142. The first kappa shape index (κ1) is 17.9. The van der Waals surface area contributed by atoms with E-state index in [1.807, 2.05) is 0 Å². The highest BCUT2D eigenvalue weighted by molar-refractivity contribution is 5.85. The van der Waals surface area contributed by atoms with Crippen molar-refractivity contribution in [2.45, 2.75) is 45.1 Å². The summed E-state index contributed by atoms with van der Waals surface area (Å²) >= 11 is 0. The molecule has 0 aromatic heterocycles. The molecule has 4 N–H and O–H groups in total. The fourth-order valence-electron chi connectivity index (χ4n) is 1.50. The molecule has 0 unspecified atom stereocenters. The van der Waals surface area contributed by atoms with Crippen molar-refractivity contribution in [3.63, 3.8) is 0 Å². The highest BCUT2D eigenvalue weighted by Gasteiger charge is 2.21. The molecule has 1 amide bonds. The Morgan fingerprint density at radius 3 is 2.00 bits per heavy atom. The number of carbonyl (C=O) groups excluding carboxylic acids is 1. The minimum atomic E-state index is -1.23. The smallest absolute Gasteiger partial charge is 0.326 e. The number of nitrogens with one attached hydrogen (secondary N) is 1. The average molecular weight is 289 g/mol. The molecule has 0 aliphatic heterocycles. The number of amides is 1. The van der Waals surface area contributed by atoms with Crippen molar-refractivity contribution in [3.05, 3.63) is 0 Å². The maximum Gasteiger partial charge on any atom is 0.326 e. The molecule has 0 spiro atoms. The number of hydrogen-bond acceptors (Lipinski definition) is 4. The Bertz CT molecular complexity index is 380. The normalized spacial score (nSPS) is 13.2. The topological polar surface area (TPSA) is 141 Å². The Hall–Kier alpha value is -2.12. The van der Waals surface area contributed by atoms with Crippen molar-refractivity contribution >= 4 is 23.8 Å². The molecule has 0 saturated carbocycles. The van der Waals surface area contributed by atoms with Crippen molar-refractivity contribution in [1.29, 1.82) is 0 Å². The fourth-order valence-corrected chi connectivity index (χ4v) is 1.50. The van der Waals surface area contributed by atoms with Gasteiger partial charge in [0, 0.05) is 6.42 Å². The number of rotatable bonds is 10. The lowest BCUT2D eigenvalue weighted by Gasteiger charge is -2.14. The van der Waals surface area contributed by atoms with Crippen LogP contribution in [0.1, 0.15) is 39.0 Å². The zero-order chi connectivity index (χ0) is 15.7. The van der Waals surface area contributed by atoms with Crippen LogP contribution in [0.25, 0.3) is 0 Å². The summed E-state index contributed by atoms with van der Waals surface area (Å²) in [7, 11) is 0. The van der Waals surface area contributed by atoms with Crippen molar-refractivity contribution in [1.82, 2.24) is 5.32 Å². The van der Waals surface area contributed by atoms with Gasteiger partial charge in [-0.3, -0.25) is 14.4 Å². The first-order chi connectivity index (χ1) is 9.23. The van der Waals surface area contributed by atoms with E-state index < -0.39 is 35.8 Å². The molecule has 0 heterocycles. The standard InChI is InChI=1S/C12H19NO7/c1-7(11(17)18)3-2-4-8(12(19)20)13-9(14)5-6-10(15)16/h7-8H,2-6H2,1H3,(H,13,14)(H,15,16)(H,17,18)(H,19,20)/t7-,8-/m0/s1. The predicted molar refractivity (Wildman–Crippen MR) is 67.1 cm³/mol. The van der Waals surface area contributed by atoms with Crippen LogP contribution in [0.4, 0.5) is 0 Å². The minimum Gasteiger partial charge on any atom is -0.481 e. The maximum absolute atomic E-state index is 11.3. The summed E-state index contributed by atoms with van der Waals surface area (Å²) in [5.41, 5.74) is 0. The number of aliphatic carboxylic acids is 3. The summed E-state index contributed by atoms with van der Waals surface area (Å²) in [5, 5.41) is 28.2. The summed E-state index contributed by atoms with van der Waals surface area (Å²) in [6.07, 6.45) is 0.0956. The SMILES string of the molecule is C[C@@H](CCC[C@H](NC(=O)CCC(=O)O)C(=O)O)C(=O)O. The number of carbonyl (C=O) groups is 4. The Morgan fingerprint density at radius 2 is 1.55 bits per heavy atom. The molecular formula is C12H19NO7. The first-order valence-corrected chi connectivity index (χ1v) is 6.20. The molecule has 0 aromatic rings. The van der Waals surface area contributed by atoms with Crippen LogP contribution >= 0.6 is 0 Å². The van der Waals surface area contributed by atoms with Crippen molar-refractivity contribution in [3.8, 4) is 0 Å². The number of carboxylic acids is 3. The zero-order valence-corrected chi connectivity index (χ0v) is 11.2. The summed E-state index contributed by atoms with van der Waals surface area (Å²) < 4.78 is 0. The lowest BCUT2D eigenvalue weighted by atomic mass is 10.0. The van der Waals surface area contributed by atoms with Gasteiger partial charge in [0.25, 0.3) is 0 Å². The van der Waals surface area contributed by atoms with Gasteiger partial charge in [0.2, 0.25) is 5.91 Å². The molecule has 0 aliphatic carbocycles. The van der Waals surface area contributed by atoms with E-state index in [0.717, 1.165) is 0 Å². The summed E-state index contributed by atoms with van der Waals surface area (Å²) in [4.78, 5) is 43.1. The molecule has 0 radical (unpaired) electrons. The van der Waals surface area contributed by atoms with Crippen LogP contribution in [0.5, 0.6) is 0 Å². The molecule has 0 rings (SSSR count). The van der Waals surface area contributed by atoms with Crippen molar-refractivity contribution < 1.29 is 34.5 Å². The van der Waals surface area contributed by atoms with Gasteiger partial charge in [-0.15, -0.1) is 0 Å². The van der Waals surface area contributed by atoms with Crippen LogP contribution < -0.4 is 5.32 Å². The fraction of sp³-hybridized carbons (Fsp3) is 0.667. The molecule has 8 nitrogen and oxygen atoms in total. The third kappa shape index (κ3) is 8.06. The van der Waals surface area contributed by atoms with E-state index in [1.54, 1.807) is 0 Å². The zero-order valence-electron chi connectivity index (χ0n) is 11.2. The molecule has 0 fully saturated rings. The second-order valence-corrected chi connectivity index (χ2v) is 4.52. The molecule has 8 heteroatoms. The highest BCUT2D eigenvalue weighted by Crippen LogP contribution is 2.10. The average Bonchev–Trinajstić information content (AvgIpc) is 2.34. The first-order valence-electron chi connectivity index (χ1n) is 6.20. The summed E-state index contributed by atoms with van der Waals surface area (Å²) in [5.74, 6) is -4.54. The Labute approximate surface area is 115 Å². The van der Waals surface area contributed by atoms with Crippen LogP contribution in [0.2, 0.25) is 0 Å². The third-order valence-electron chi connectivity index (χ3n) is 2.75. The van der Waals surface area contributed by atoms with Gasteiger partial charge in [-0.25, -0.2) is 4.79 Å². The Kier molecular flexibility index (Phi) is 7.95. The quantitative estimate of drug-likeness (QED) is 0.453. The van der Waals surface area contributed by atoms with Gasteiger partial charge in [-0.1, -0.05) is 6.92 Å². The number of carboxylic acid groups (broad SMARTS) is 3. The van der Waals surface area contributed by atoms with E-state index in [2.05, 4.69) is 5.32 Å². The van der Waals surface area contributed by atoms with Gasteiger partial charge in [-0.05, 0) is 19.3 Å². The van der Waals surface area contributed by atoms with Crippen LogP contribution in [-0.4, -0.2) is 45.2 Å². The van der Waals surface area contributed by atoms with Gasteiger partial charge in [0.15, 0.2) is 0 Å². The largest absolute Gasteiger partial charge is 0.481 e.